The van der Waals surface area contributed by atoms with E-state index < -0.39 is 0 Å². The largest absolute Gasteiger partial charge is 0.496 e. The van der Waals surface area contributed by atoms with Crippen molar-refractivity contribution in [1.29, 1.82) is 0 Å². The first kappa shape index (κ1) is 8.69. The Morgan fingerprint density at radius 2 is 1.86 bits per heavy atom. The molecule has 0 aliphatic carbocycles. The summed E-state index contributed by atoms with van der Waals surface area (Å²) in [6, 6.07) is 9.52. The number of nitrogen functional groups attached to an aromatic ring is 2. The summed E-state index contributed by atoms with van der Waals surface area (Å²) in [6.07, 6.45) is 0. The first-order valence-corrected chi connectivity index (χ1v) is 4.34. The van der Waals surface area contributed by atoms with Gasteiger partial charge in [-0.15, -0.1) is 0 Å². The SMILES string of the molecule is COc1cccc2ccc(N)c(N)c12. The quantitative estimate of drug-likeness (QED) is 0.673. The molecule has 0 spiro atoms. The van der Waals surface area contributed by atoms with Crippen LogP contribution in [0.4, 0.5) is 11.4 Å². The van der Waals surface area contributed by atoms with Gasteiger partial charge in [-0.2, -0.15) is 0 Å². The fourth-order valence-corrected chi connectivity index (χ4v) is 1.56. The van der Waals surface area contributed by atoms with E-state index in [9.17, 15) is 0 Å². The number of rotatable bonds is 1. The van der Waals surface area contributed by atoms with Gasteiger partial charge in [0.1, 0.15) is 5.75 Å². The molecule has 0 heterocycles. The summed E-state index contributed by atoms with van der Waals surface area (Å²) in [5, 5.41) is 1.92. The summed E-state index contributed by atoms with van der Waals surface area (Å²) in [7, 11) is 1.62. The Morgan fingerprint density at radius 3 is 2.57 bits per heavy atom. The first-order valence-electron chi connectivity index (χ1n) is 4.34. The van der Waals surface area contributed by atoms with Crippen molar-refractivity contribution < 1.29 is 4.74 Å². The number of hydrogen-bond acceptors (Lipinski definition) is 3. The minimum Gasteiger partial charge on any atom is -0.496 e. The number of methoxy groups -OCH3 is 1. The molecule has 3 heteroatoms. The van der Waals surface area contributed by atoms with Gasteiger partial charge in [-0.05, 0) is 17.5 Å². The van der Waals surface area contributed by atoms with Gasteiger partial charge in [-0.3, -0.25) is 0 Å². The summed E-state index contributed by atoms with van der Waals surface area (Å²) in [4.78, 5) is 0. The summed E-state index contributed by atoms with van der Waals surface area (Å²) in [5.74, 6) is 0.757. The lowest BCUT2D eigenvalue weighted by Gasteiger charge is -2.09. The van der Waals surface area contributed by atoms with Crippen LogP contribution in [0.25, 0.3) is 10.8 Å². The van der Waals surface area contributed by atoms with E-state index in [1.165, 1.54) is 0 Å². The van der Waals surface area contributed by atoms with Crippen LogP contribution in [0.15, 0.2) is 30.3 Å². The van der Waals surface area contributed by atoms with Gasteiger partial charge in [0.05, 0.1) is 18.5 Å². The van der Waals surface area contributed by atoms with Crippen LogP contribution >= 0.6 is 0 Å². The standard InChI is InChI=1S/C11H12N2O/c1-14-9-4-2-3-7-5-6-8(12)11(13)10(7)9/h2-6H,12-13H2,1H3. The van der Waals surface area contributed by atoms with Crippen molar-refractivity contribution in [2.45, 2.75) is 0 Å². The van der Waals surface area contributed by atoms with Crippen molar-refractivity contribution in [2.24, 2.45) is 0 Å². The summed E-state index contributed by atoms with van der Waals surface area (Å²) in [6.45, 7) is 0. The molecular formula is C11H12N2O. The second kappa shape index (κ2) is 3.10. The molecule has 0 fully saturated rings. The van der Waals surface area contributed by atoms with E-state index in [4.69, 9.17) is 16.2 Å². The van der Waals surface area contributed by atoms with Crippen molar-refractivity contribution in [3.8, 4) is 5.75 Å². The maximum absolute atomic E-state index is 5.89. The van der Waals surface area contributed by atoms with Crippen LogP contribution in [0, 0.1) is 0 Å². The second-order valence-electron chi connectivity index (χ2n) is 3.13. The number of ether oxygens (including phenoxy) is 1. The third kappa shape index (κ3) is 1.14. The highest BCUT2D eigenvalue weighted by Crippen LogP contribution is 2.33. The van der Waals surface area contributed by atoms with Crippen LogP contribution in [0.2, 0.25) is 0 Å². The zero-order chi connectivity index (χ0) is 10.1. The van der Waals surface area contributed by atoms with E-state index in [0.29, 0.717) is 11.4 Å². The molecule has 0 radical (unpaired) electrons. The van der Waals surface area contributed by atoms with Gasteiger partial charge in [-0.25, -0.2) is 0 Å². The number of hydrogen-bond donors (Lipinski definition) is 2. The topological polar surface area (TPSA) is 61.3 Å². The highest BCUT2D eigenvalue weighted by Gasteiger charge is 2.06. The van der Waals surface area contributed by atoms with Gasteiger partial charge in [0, 0.05) is 5.39 Å². The molecule has 0 aliphatic heterocycles. The van der Waals surface area contributed by atoms with E-state index in [2.05, 4.69) is 0 Å². The fraction of sp³-hybridized carbons (Fsp3) is 0.0909. The number of fused-ring (bicyclic) bond motifs is 1. The third-order valence-electron chi connectivity index (χ3n) is 2.30. The van der Waals surface area contributed by atoms with E-state index in [1.807, 2.05) is 24.3 Å². The molecule has 2 rings (SSSR count). The lowest BCUT2D eigenvalue weighted by Crippen LogP contribution is -1.96. The van der Waals surface area contributed by atoms with E-state index in [1.54, 1.807) is 13.2 Å². The molecule has 0 unspecified atom stereocenters. The Bertz CT molecular complexity index is 480. The zero-order valence-corrected chi connectivity index (χ0v) is 7.95. The Balaban J connectivity index is 2.89. The Morgan fingerprint density at radius 1 is 1.07 bits per heavy atom. The molecule has 72 valence electrons. The van der Waals surface area contributed by atoms with Gasteiger partial charge in [0.15, 0.2) is 0 Å². The van der Waals surface area contributed by atoms with Crippen LogP contribution in [0.5, 0.6) is 5.75 Å². The van der Waals surface area contributed by atoms with E-state index >= 15 is 0 Å². The molecule has 0 aliphatic rings. The first-order chi connectivity index (χ1) is 6.74. The highest BCUT2D eigenvalue weighted by atomic mass is 16.5. The van der Waals surface area contributed by atoms with Gasteiger partial charge >= 0.3 is 0 Å². The normalized spacial score (nSPS) is 10.4. The van der Waals surface area contributed by atoms with Crippen LogP contribution in [0.1, 0.15) is 0 Å². The van der Waals surface area contributed by atoms with E-state index in [0.717, 1.165) is 16.5 Å². The van der Waals surface area contributed by atoms with Gasteiger partial charge < -0.3 is 16.2 Å². The monoisotopic (exact) mass is 188 g/mol. The van der Waals surface area contributed by atoms with Gasteiger partial charge in [-0.1, -0.05) is 18.2 Å². The number of benzene rings is 2. The Hall–Kier alpha value is -1.90. The molecule has 4 N–H and O–H groups in total. The third-order valence-corrected chi connectivity index (χ3v) is 2.30. The lowest BCUT2D eigenvalue weighted by atomic mass is 10.1. The number of nitrogens with two attached hydrogens (primary N) is 2. The van der Waals surface area contributed by atoms with Crippen molar-refractivity contribution >= 4 is 22.1 Å². The molecule has 0 bridgehead atoms. The molecule has 0 aromatic heterocycles. The summed E-state index contributed by atoms with van der Waals surface area (Å²) >= 11 is 0. The summed E-state index contributed by atoms with van der Waals surface area (Å²) < 4.78 is 5.23. The lowest BCUT2D eigenvalue weighted by molar-refractivity contribution is 0.420. The number of anilines is 2. The molecule has 2 aromatic rings. The average Bonchev–Trinajstić information content (AvgIpc) is 2.23. The van der Waals surface area contributed by atoms with Crippen LogP contribution in [0.3, 0.4) is 0 Å². The van der Waals surface area contributed by atoms with Crippen LogP contribution in [-0.4, -0.2) is 7.11 Å². The molecule has 0 saturated heterocycles. The molecule has 0 atom stereocenters. The average molecular weight is 188 g/mol. The smallest absolute Gasteiger partial charge is 0.128 e. The predicted molar refractivity (Wildman–Crippen MR) is 59.3 cm³/mol. The molecule has 0 amide bonds. The minimum absolute atomic E-state index is 0.583. The molecular weight excluding hydrogens is 176 g/mol. The Kier molecular flexibility index (Phi) is 1.93. The van der Waals surface area contributed by atoms with Crippen molar-refractivity contribution in [3.63, 3.8) is 0 Å². The minimum atomic E-state index is 0.583. The van der Waals surface area contributed by atoms with Crippen molar-refractivity contribution in [2.75, 3.05) is 18.6 Å². The van der Waals surface area contributed by atoms with Gasteiger partial charge in [0.2, 0.25) is 0 Å². The zero-order valence-electron chi connectivity index (χ0n) is 7.95. The van der Waals surface area contributed by atoms with Crippen LogP contribution < -0.4 is 16.2 Å². The molecule has 14 heavy (non-hydrogen) atoms. The summed E-state index contributed by atoms with van der Waals surface area (Å²) in [5.41, 5.74) is 12.8. The Labute approximate surface area is 82.3 Å². The predicted octanol–water partition coefficient (Wildman–Crippen LogP) is 2.01. The maximum atomic E-state index is 5.89. The van der Waals surface area contributed by atoms with E-state index in [-0.39, 0.29) is 0 Å². The highest BCUT2D eigenvalue weighted by molar-refractivity contribution is 6.02. The van der Waals surface area contributed by atoms with Crippen molar-refractivity contribution in [3.05, 3.63) is 30.3 Å². The molecule has 2 aromatic carbocycles. The second-order valence-corrected chi connectivity index (χ2v) is 3.13. The molecule has 3 nitrogen and oxygen atoms in total. The fourth-order valence-electron chi connectivity index (χ4n) is 1.56. The molecule has 0 saturated carbocycles. The van der Waals surface area contributed by atoms with Crippen LogP contribution in [-0.2, 0) is 0 Å². The van der Waals surface area contributed by atoms with Crippen molar-refractivity contribution in [1.82, 2.24) is 0 Å². The maximum Gasteiger partial charge on any atom is 0.128 e. The van der Waals surface area contributed by atoms with Gasteiger partial charge in [0.25, 0.3) is 0 Å².